The Balaban J connectivity index is 1.20. The predicted molar refractivity (Wildman–Crippen MR) is 244 cm³/mol. The van der Waals surface area contributed by atoms with Crippen molar-refractivity contribution in [2.75, 3.05) is 0 Å². The second-order valence-electron chi connectivity index (χ2n) is 15.9. The summed E-state index contributed by atoms with van der Waals surface area (Å²) >= 11 is 0. The highest BCUT2D eigenvalue weighted by atomic mass is 16.3. The van der Waals surface area contributed by atoms with Gasteiger partial charge >= 0.3 is 0 Å². The summed E-state index contributed by atoms with van der Waals surface area (Å²) in [6.45, 7) is 0. The van der Waals surface area contributed by atoms with Gasteiger partial charge in [-0.3, -0.25) is 0 Å². The molecule has 0 spiro atoms. The molecule has 1 aliphatic carbocycles. The van der Waals surface area contributed by atoms with Crippen molar-refractivity contribution in [3.63, 3.8) is 0 Å². The molecular formula is C57H34O2. The molecule has 0 aliphatic heterocycles. The number of furan rings is 2. The third-order valence-electron chi connectivity index (χ3n) is 12.9. The Bertz CT molecular complexity index is 3620. The maximum absolute atomic E-state index is 6.77. The molecule has 2 heterocycles. The van der Waals surface area contributed by atoms with Gasteiger partial charge in [0.1, 0.15) is 22.3 Å². The zero-order chi connectivity index (χ0) is 38.7. The van der Waals surface area contributed by atoms with Crippen LogP contribution >= 0.6 is 0 Å². The van der Waals surface area contributed by atoms with Crippen molar-refractivity contribution in [2.45, 2.75) is 5.41 Å². The van der Waals surface area contributed by atoms with Gasteiger partial charge in [0.2, 0.25) is 0 Å². The second kappa shape index (κ2) is 12.2. The van der Waals surface area contributed by atoms with Gasteiger partial charge in [-0.1, -0.05) is 152 Å². The molecule has 0 unspecified atom stereocenters. The van der Waals surface area contributed by atoms with E-state index in [1.165, 1.54) is 55.1 Å². The highest BCUT2D eigenvalue weighted by Crippen LogP contribution is 2.60. The lowest BCUT2D eigenvalue weighted by Gasteiger charge is -2.34. The van der Waals surface area contributed by atoms with Gasteiger partial charge in [0.25, 0.3) is 0 Å². The number of hydrogen-bond donors (Lipinski definition) is 0. The standard InChI is InChI=1S/C57H34O2/c1-3-17-40(18-4-1)57(41-19-5-2-6-20-41)49-32-37-16-8-7-15-36(37)30-48(49)54-47(38-27-28-45-44-22-11-12-24-51(44)58-53(45)34-38)31-39(33-50(54)57)42-23-13-25-52-55(42)46-29-26-35-14-9-10-21-43(35)56(46)59-52/h1-34H. The zero-order valence-corrected chi connectivity index (χ0v) is 31.9. The lowest BCUT2D eigenvalue weighted by Crippen LogP contribution is -2.28. The Morgan fingerprint density at radius 2 is 0.966 bits per heavy atom. The molecule has 0 N–H and O–H groups in total. The lowest BCUT2D eigenvalue weighted by atomic mass is 9.67. The van der Waals surface area contributed by atoms with Crippen LogP contribution in [0.5, 0.6) is 0 Å². The smallest absolute Gasteiger partial charge is 0.143 e. The third-order valence-corrected chi connectivity index (χ3v) is 12.9. The minimum atomic E-state index is -0.617. The molecule has 59 heavy (non-hydrogen) atoms. The van der Waals surface area contributed by atoms with Gasteiger partial charge < -0.3 is 8.83 Å². The van der Waals surface area contributed by atoms with Gasteiger partial charge in [-0.2, -0.15) is 0 Å². The maximum atomic E-state index is 6.77. The van der Waals surface area contributed by atoms with Crippen molar-refractivity contribution >= 4 is 65.4 Å². The molecule has 13 rings (SSSR count). The van der Waals surface area contributed by atoms with Crippen molar-refractivity contribution in [2.24, 2.45) is 0 Å². The fraction of sp³-hybridized carbons (Fsp3) is 0.0175. The van der Waals surface area contributed by atoms with Gasteiger partial charge in [-0.15, -0.1) is 0 Å². The molecule has 0 bridgehead atoms. The van der Waals surface area contributed by atoms with Crippen molar-refractivity contribution in [1.82, 2.24) is 0 Å². The summed E-state index contributed by atoms with van der Waals surface area (Å²) in [7, 11) is 0. The molecule has 0 atom stereocenters. The molecule has 0 saturated carbocycles. The number of rotatable bonds is 4. The average Bonchev–Trinajstić information content (AvgIpc) is 3.96. The lowest BCUT2D eigenvalue weighted by molar-refractivity contribution is 0.669. The summed E-state index contributed by atoms with van der Waals surface area (Å²) in [6.07, 6.45) is 0. The Hall–Kier alpha value is -7.68. The summed E-state index contributed by atoms with van der Waals surface area (Å²) in [5.74, 6) is 0. The van der Waals surface area contributed by atoms with Crippen molar-refractivity contribution in [3.8, 4) is 33.4 Å². The van der Waals surface area contributed by atoms with Crippen LogP contribution in [-0.4, -0.2) is 0 Å². The average molecular weight is 751 g/mol. The van der Waals surface area contributed by atoms with Gasteiger partial charge in [-0.05, 0) is 126 Å². The van der Waals surface area contributed by atoms with Crippen molar-refractivity contribution in [3.05, 3.63) is 229 Å². The number of para-hydroxylation sites is 1. The van der Waals surface area contributed by atoms with Gasteiger partial charge in [0, 0.05) is 26.9 Å². The summed E-state index contributed by atoms with van der Waals surface area (Å²) < 4.78 is 13.3. The molecule has 274 valence electrons. The first-order chi connectivity index (χ1) is 29.2. The van der Waals surface area contributed by atoms with E-state index in [2.05, 4.69) is 200 Å². The van der Waals surface area contributed by atoms with Crippen molar-refractivity contribution in [1.29, 1.82) is 0 Å². The number of hydrogen-bond acceptors (Lipinski definition) is 2. The van der Waals surface area contributed by atoms with Crippen LogP contribution in [0.2, 0.25) is 0 Å². The monoisotopic (exact) mass is 750 g/mol. The molecule has 0 radical (unpaired) electrons. The third kappa shape index (κ3) is 4.51. The highest BCUT2D eigenvalue weighted by Gasteiger charge is 2.47. The quantitative estimate of drug-likeness (QED) is 0.179. The first-order valence-corrected chi connectivity index (χ1v) is 20.3. The van der Waals surface area contributed by atoms with Crippen LogP contribution in [0.1, 0.15) is 22.3 Å². The Morgan fingerprint density at radius 1 is 0.322 bits per heavy atom. The fourth-order valence-electron chi connectivity index (χ4n) is 10.4. The SMILES string of the molecule is c1ccc(C2(c3ccccc3)c3cc4ccccc4cc3-c3c(-c4ccc5c(c4)oc4ccccc45)cc(-c4cccc5oc6c7ccccc7ccc6c45)cc32)cc1. The minimum Gasteiger partial charge on any atom is -0.456 e. The first-order valence-electron chi connectivity index (χ1n) is 20.3. The number of fused-ring (bicyclic) bond motifs is 12. The van der Waals surface area contributed by atoms with Crippen LogP contribution in [0.4, 0.5) is 0 Å². The molecule has 2 aromatic heterocycles. The predicted octanol–water partition coefficient (Wildman–Crippen LogP) is 15.5. The van der Waals surface area contributed by atoms with E-state index in [1.807, 2.05) is 6.07 Å². The molecule has 2 nitrogen and oxygen atoms in total. The van der Waals surface area contributed by atoms with Crippen LogP contribution < -0.4 is 0 Å². The largest absolute Gasteiger partial charge is 0.456 e. The van der Waals surface area contributed by atoms with Crippen LogP contribution in [0.15, 0.2) is 215 Å². The molecule has 10 aromatic carbocycles. The maximum Gasteiger partial charge on any atom is 0.143 e. The molecule has 0 saturated heterocycles. The van der Waals surface area contributed by atoms with Crippen LogP contribution in [0, 0.1) is 0 Å². The van der Waals surface area contributed by atoms with E-state index in [-0.39, 0.29) is 0 Å². The molecule has 0 fully saturated rings. The van der Waals surface area contributed by atoms with E-state index < -0.39 is 5.41 Å². The van der Waals surface area contributed by atoms with E-state index in [9.17, 15) is 0 Å². The normalized spacial score (nSPS) is 13.2. The topological polar surface area (TPSA) is 26.3 Å². The van der Waals surface area contributed by atoms with E-state index in [4.69, 9.17) is 8.83 Å². The summed E-state index contributed by atoms with van der Waals surface area (Å²) in [6, 6.07) is 75.3. The van der Waals surface area contributed by atoms with E-state index in [0.29, 0.717) is 0 Å². The van der Waals surface area contributed by atoms with Crippen LogP contribution in [-0.2, 0) is 5.41 Å². The minimum absolute atomic E-state index is 0.617. The second-order valence-corrected chi connectivity index (χ2v) is 15.9. The van der Waals surface area contributed by atoms with Crippen LogP contribution in [0.3, 0.4) is 0 Å². The van der Waals surface area contributed by atoms with E-state index >= 15 is 0 Å². The van der Waals surface area contributed by atoms with E-state index in [1.54, 1.807) is 0 Å². The zero-order valence-electron chi connectivity index (χ0n) is 31.9. The molecule has 0 amide bonds. The number of benzene rings is 10. The molecular weight excluding hydrogens is 717 g/mol. The fourth-order valence-corrected chi connectivity index (χ4v) is 10.4. The summed E-state index contributed by atoms with van der Waals surface area (Å²) in [5, 5.41) is 9.22. The summed E-state index contributed by atoms with van der Waals surface area (Å²) in [5.41, 5.74) is 15.0. The first kappa shape index (κ1) is 32.4. The van der Waals surface area contributed by atoms with Crippen LogP contribution in [0.25, 0.3) is 98.8 Å². The molecule has 2 heteroatoms. The Morgan fingerprint density at radius 3 is 1.76 bits per heavy atom. The van der Waals surface area contributed by atoms with Crippen molar-refractivity contribution < 1.29 is 8.83 Å². The molecule has 12 aromatic rings. The Labute approximate surface area is 340 Å². The highest BCUT2D eigenvalue weighted by molar-refractivity contribution is 6.19. The van der Waals surface area contributed by atoms with Gasteiger partial charge in [0.05, 0.1) is 5.41 Å². The summed E-state index contributed by atoms with van der Waals surface area (Å²) in [4.78, 5) is 0. The van der Waals surface area contributed by atoms with E-state index in [0.717, 1.165) is 66.0 Å². The Kier molecular flexibility index (Phi) is 6.68. The van der Waals surface area contributed by atoms with Gasteiger partial charge in [0.15, 0.2) is 0 Å². The molecule has 1 aliphatic rings. The van der Waals surface area contributed by atoms with Gasteiger partial charge in [-0.25, -0.2) is 0 Å².